The number of piperidine rings is 1. The lowest BCUT2D eigenvalue weighted by Crippen LogP contribution is -2.46. The molecule has 37 heavy (non-hydrogen) atoms. The van der Waals surface area contributed by atoms with Crippen LogP contribution in [0.5, 0.6) is 5.75 Å². The van der Waals surface area contributed by atoms with Crippen LogP contribution in [0.15, 0.2) is 41.3 Å². The molecule has 5 rings (SSSR count). The number of aryl methyl sites for hydroxylation is 1. The molecule has 0 bridgehead atoms. The Hall–Kier alpha value is -2.24. The molecule has 2 saturated heterocycles. The minimum absolute atomic E-state index is 0.0327. The number of thiazole rings is 1. The topological polar surface area (TPSA) is 89.0 Å². The van der Waals surface area contributed by atoms with E-state index in [-0.39, 0.29) is 35.9 Å². The van der Waals surface area contributed by atoms with Gasteiger partial charge in [-0.25, -0.2) is 13.4 Å². The van der Waals surface area contributed by atoms with Crippen LogP contribution in [0.2, 0.25) is 5.02 Å². The summed E-state index contributed by atoms with van der Waals surface area (Å²) in [4.78, 5) is 20.7. The van der Waals surface area contributed by atoms with Crippen molar-refractivity contribution in [3.8, 4) is 5.75 Å². The zero-order valence-electron chi connectivity index (χ0n) is 20.9. The normalized spacial score (nSPS) is 19.4. The molecule has 2 aliphatic heterocycles. The van der Waals surface area contributed by atoms with Gasteiger partial charge in [-0.15, -0.1) is 0 Å². The van der Waals surface area contributed by atoms with Crippen LogP contribution in [0.3, 0.4) is 0 Å². The maximum absolute atomic E-state index is 13.9. The zero-order valence-corrected chi connectivity index (χ0v) is 23.2. The fraction of sp³-hybridized carbons (Fsp3) is 0.462. The fourth-order valence-electron chi connectivity index (χ4n) is 4.95. The van der Waals surface area contributed by atoms with E-state index in [4.69, 9.17) is 26.1 Å². The Kier molecular flexibility index (Phi) is 7.74. The lowest BCUT2D eigenvalue weighted by molar-refractivity contribution is -0.123. The van der Waals surface area contributed by atoms with Crippen molar-refractivity contribution in [2.75, 3.05) is 38.3 Å². The highest BCUT2D eigenvalue weighted by Gasteiger charge is 2.36. The van der Waals surface area contributed by atoms with Crippen LogP contribution in [-0.2, 0) is 19.6 Å². The molecule has 0 N–H and O–H groups in total. The van der Waals surface area contributed by atoms with Gasteiger partial charge in [-0.1, -0.05) is 29.0 Å². The van der Waals surface area contributed by atoms with Crippen LogP contribution in [0.4, 0.5) is 5.13 Å². The number of nitrogens with zero attached hydrogens (tertiary/aromatic N) is 3. The lowest BCUT2D eigenvalue weighted by atomic mass is 9.96. The summed E-state index contributed by atoms with van der Waals surface area (Å²) in [6.45, 7) is 3.71. The van der Waals surface area contributed by atoms with E-state index in [1.807, 2.05) is 19.1 Å². The highest BCUT2D eigenvalue weighted by atomic mass is 35.5. The molecule has 0 saturated carbocycles. The molecule has 2 aromatic carbocycles. The summed E-state index contributed by atoms with van der Waals surface area (Å²) in [5.41, 5.74) is 1.82. The van der Waals surface area contributed by atoms with Crippen molar-refractivity contribution in [2.24, 2.45) is 5.92 Å². The molecule has 0 radical (unpaired) electrons. The van der Waals surface area contributed by atoms with E-state index in [0.29, 0.717) is 41.9 Å². The Labute approximate surface area is 226 Å². The molecule has 1 amide bonds. The number of amides is 1. The molecule has 8 nitrogen and oxygen atoms in total. The van der Waals surface area contributed by atoms with Crippen LogP contribution in [-0.4, -0.2) is 63.1 Å². The average molecular weight is 564 g/mol. The van der Waals surface area contributed by atoms with Gasteiger partial charge in [0.1, 0.15) is 11.3 Å². The average Bonchev–Trinajstić information content (AvgIpc) is 3.58. The van der Waals surface area contributed by atoms with Crippen LogP contribution in [0.1, 0.15) is 31.2 Å². The minimum Gasteiger partial charge on any atom is -0.494 e. The summed E-state index contributed by atoms with van der Waals surface area (Å²) < 4.78 is 40.0. The standard InChI is InChI=1S/C26H30ClN3O5S2/c1-17-5-10-22(34-2)23-24(17)36-26(28-23)30(16-20-4-3-15-35-20)25(31)18-11-13-29(14-12-18)37(32,33)21-8-6-19(27)7-9-21/h5-10,18,20H,3-4,11-16H2,1-2H3. The van der Waals surface area contributed by atoms with Crippen molar-refractivity contribution < 1.29 is 22.7 Å². The van der Waals surface area contributed by atoms with Gasteiger partial charge in [-0.05, 0) is 68.5 Å². The van der Waals surface area contributed by atoms with Gasteiger partial charge in [-0.2, -0.15) is 4.31 Å². The van der Waals surface area contributed by atoms with E-state index in [2.05, 4.69) is 0 Å². The van der Waals surface area contributed by atoms with Crippen molar-refractivity contribution in [1.29, 1.82) is 0 Å². The number of ether oxygens (including phenoxy) is 2. The highest BCUT2D eigenvalue weighted by molar-refractivity contribution is 7.89. The maximum atomic E-state index is 13.9. The van der Waals surface area contributed by atoms with E-state index in [0.717, 1.165) is 28.6 Å². The first-order valence-corrected chi connectivity index (χ1v) is 15.0. The molecule has 1 atom stereocenters. The van der Waals surface area contributed by atoms with Crippen molar-refractivity contribution in [3.05, 3.63) is 47.0 Å². The first-order chi connectivity index (χ1) is 17.8. The van der Waals surface area contributed by atoms with Crippen LogP contribution >= 0.6 is 22.9 Å². The predicted molar refractivity (Wildman–Crippen MR) is 145 cm³/mol. The summed E-state index contributed by atoms with van der Waals surface area (Å²) in [7, 11) is -2.03. The van der Waals surface area contributed by atoms with E-state index in [1.54, 1.807) is 24.1 Å². The molecule has 3 heterocycles. The number of halogens is 1. The molecule has 2 aliphatic rings. The largest absolute Gasteiger partial charge is 0.494 e. The summed E-state index contributed by atoms with van der Waals surface area (Å²) in [5, 5.41) is 1.11. The third-order valence-corrected chi connectivity index (χ3v) is 10.5. The Morgan fingerprint density at radius 1 is 1.19 bits per heavy atom. The van der Waals surface area contributed by atoms with E-state index in [1.165, 1.54) is 27.8 Å². The monoisotopic (exact) mass is 563 g/mol. The zero-order chi connectivity index (χ0) is 26.2. The Balaban J connectivity index is 1.37. The molecular weight excluding hydrogens is 534 g/mol. The predicted octanol–water partition coefficient (Wildman–Crippen LogP) is 4.88. The lowest BCUT2D eigenvalue weighted by Gasteiger charge is -2.33. The van der Waals surface area contributed by atoms with Gasteiger partial charge in [0.25, 0.3) is 0 Å². The van der Waals surface area contributed by atoms with E-state index in [9.17, 15) is 13.2 Å². The number of benzene rings is 2. The van der Waals surface area contributed by atoms with E-state index < -0.39 is 10.0 Å². The van der Waals surface area contributed by atoms with Crippen molar-refractivity contribution >= 4 is 54.2 Å². The number of methoxy groups -OCH3 is 1. The van der Waals surface area contributed by atoms with Gasteiger partial charge in [0.15, 0.2) is 5.13 Å². The first kappa shape index (κ1) is 26.4. The third-order valence-electron chi connectivity index (χ3n) is 7.07. The molecule has 0 aliphatic carbocycles. The first-order valence-electron chi connectivity index (χ1n) is 12.4. The van der Waals surface area contributed by atoms with Gasteiger partial charge in [0.2, 0.25) is 15.9 Å². The Morgan fingerprint density at radius 2 is 1.92 bits per heavy atom. The quantitative estimate of drug-likeness (QED) is 0.407. The third kappa shape index (κ3) is 5.35. The van der Waals surface area contributed by atoms with Crippen LogP contribution in [0.25, 0.3) is 10.2 Å². The molecular formula is C26H30ClN3O5S2. The van der Waals surface area contributed by atoms with Gasteiger partial charge < -0.3 is 9.47 Å². The van der Waals surface area contributed by atoms with Crippen molar-refractivity contribution in [1.82, 2.24) is 9.29 Å². The number of rotatable bonds is 7. The minimum atomic E-state index is -3.64. The molecule has 11 heteroatoms. The Bertz CT molecular complexity index is 1380. The fourth-order valence-corrected chi connectivity index (χ4v) is 7.61. The number of anilines is 1. The second-order valence-electron chi connectivity index (χ2n) is 9.48. The number of carbonyl (C=O) groups excluding carboxylic acids is 1. The molecule has 0 spiro atoms. The van der Waals surface area contributed by atoms with Crippen molar-refractivity contribution in [2.45, 2.75) is 43.6 Å². The smallest absolute Gasteiger partial charge is 0.243 e. The van der Waals surface area contributed by atoms with Gasteiger partial charge in [0, 0.05) is 30.6 Å². The number of aromatic nitrogens is 1. The molecule has 1 aromatic heterocycles. The number of hydrogen-bond acceptors (Lipinski definition) is 7. The molecule has 2 fully saturated rings. The second kappa shape index (κ2) is 10.9. The molecule has 198 valence electrons. The number of sulfonamides is 1. The summed E-state index contributed by atoms with van der Waals surface area (Å²) >= 11 is 7.40. The molecule has 3 aromatic rings. The van der Waals surface area contributed by atoms with Gasteiger partial charge in [0.05, 0.1) is 29.4 Å². The van der Waals surface area contributed by atoms with Crippen LogP contribution in [0, 0.1) is 12.8 Å². The summed E-state index contributed by atoms with van der Waals surface area (Å²) in [6, 6.07) is 10.1. The number of fused-ring (bicyclic) bond motifs is 1. The van der Waals surface area contributed by atoms with Crippen molar-refractivity contribution in [3.63, 3.8) is 0 Å². The van der Waals surface area contributed by atoms with Gasteiger partial charge in [-0.3, -0.25) is 9.69 Å². The Morgan fingerprint density at radius 3 is 2.57 bits per heavy atom. The van der Waals surface area contributed by atoms with Gasteiger partial charge >= 0.3 is 0 Å². The number of hydrogen-bond donors (Lipinski definition) is 0. The maximum Gasteiger partial charge on any atom is 0.243 e. The highest BCUT2D eigenvalue weighted by Crippen LogP contribution is 2.38. The number of carbonyl (C=O) groups is 1. The summed E-state index contributed by atoms with van der Waals surface area (Å²) in [6.07, 6.45) is 2.72. The van der Waals surface area contributed by atoms with Crippen LogP contribution < -0.4 is 9.64 Å². The summed E-state index contributed by atoms with van der Waals surface area (Å²) in [5.74, 6) is 0.344. The molecule has 1 unspecified atom stereocenters. The van der Waals surface area contributed by atoms with E-state index >= 15 is 0 Å². The SMILES string of the molecule is COc1ccc(C)c2sc(N(CC3CCCO3)C(=O)C3CCN(S(=O)(=O)c4ccc(Cl)cc4)CC3)nc12. The second-order valence-corrected chi connectivity index (χ2v) is 12.8.